The number of hydrogen-bond donors (Lipinski definition) is 1. The quantitative estimate of drug-likeness (QED) is 0.924. The van der Waals surface area contributed by atoms with E-state index in [2.05, 4.69) is 36.1 Å². The van der Waals surface area contributed by atoms with Crippen molar-refractivity contribution in [2.24, 2.45) is 0 Å². The molecule has 1 aromatic carbocycles. The Morgan fingerprint density at radius 3 is 2.65 bits per heavy atom. The van der Waals surface area contributed by atoms with Gasteiger partial charge in [-0.1, -0.05) is 29.8 Å². The van der Waals surface area contributed by atoms with Crippen molar-refractivity contribution in [2.45, 2.75) is 51.2 Å². The van der Waals surface area contributed by atoms with Gasteiger partial charge in [-0.2, -0.15) is 0 Å². The number of rotatable bonds is 4. The second-order valence-electron chi connectivity index (χ2n) is 6.97. The molecule has 1 aliphatic carbocycles. The molecule has 2 atom stereocenters. The summed E-state index contributed by atoms with van der Waals surface area (Å²) in [7, 11) is 0. The number of hydrogen-bond acceptors (Lipinski definition) is 3. The third kappa shape index (κ3) is 4.12. The fourth-order valence-electron chi connectivity index (χ4n) is 3.93. The second kappa shape index (κ2) is 7.45. The van der Waals surface area contributed by atoms with Crippen LogP contribution in [0.1, 0.15) is 36.8 Å². The van der Waals surface area contributed by atoms with Crippen LogP contribution >= 0.6 is 0 Å². The lowest BCUT2D eigenvalue weighted by atomic mass is 10.1. The Bertz CT molecular complexity index is 538. The Balaban J connectivity index is 1.45. The highest BCUT2D eigenvalue weighted by atomic mass is 16.3. The Hall–Kier alpha value is -1.39. The SMILES string of the molecule is Cc1cccc(CCC(=O)N2CCN([C@@H]3CCC[C@H]3O)CC2)c1. The third-order valence-corrected chi connectivity index (χ3v) is 5.29. The number of nitrogens with zero attached hydrogens (tertiary/aromatic N) is 2. The maximum Gasteiger partial charge on any atom is 0.222 e. The molecule has 3 rings (SSSR count). The highest BCUT2D eigenvalue weighted by Crippen LogP contribution is 2.25. The summed E-state index contributed by atoms with van der Waals surface area (Å²) in [6.45, 7) is 5.49. The van der Waals surface area contributed by atoms with E-state index in [0.717, 1.165) is 51.9 Å². The molecule has 0 radical (unpaired) electrons. The molecule has 1 amide bonds. The van der Waals surface area contributed by atoms with Crippen LogP contribution in [0.5, 0.6) is 0 Å². The number of aliphatic hydroxyl groups excluding tert-OH is 1. The van der Waals surface area contributed by atoms with Gasteiger partial charge in [-0.15, -0.1) is 0 Å². The lowest BCUT2D eigenvalue weighted by molar-refractivity contribution is -0.133. The molecule has 0 bridgehead atoms. The number of aryl methyl sites for hydroxylation is 2. The minimum absolute atomic E-state index is 0.168. The maximum absolute atomic E-state index is 12.4. The molecular weight excluding hydrogens is 288 g/mol. The first kappa shape index (κ1) is 16.5. The van der Waals surface area contributed by atoms with Crippen LogP contribution in [0.2, 0.25) is 0 Å². The molecule has 0 spiro atoms. The first-order valence-electron chi connectivity index (χ1n) is 8.89. The van der Waals surface area contributed by atoms with E-state index in [-0.39, 0.29) is 12.0 Å². The van der Waals surface area contributed by atoms with E-state index in [1.54, 1.807) is 0 Å². The smallest absolute Gasteiger partial charge is 0.222 e. The molecule has 4 heteroatoms. The molecule has 1 aromatic rings. The predicted molar refractivity (Wildman–Crippen MR) is 91.3 cm³/mol. The van der Waals surface area contributed by atoms with Crippen molar-refractivity contribution in [2.75, 3.05) is 26.2 Å². The minimum atomic E-state index is -0.168. The van der Waals surface area contributed by atoms with Gasteiger partial charge >= 0.3 is 0 Å². The molecule has 23 heavy (non-hydrogen) atoms. The van der Waals surface area contributed by atoms with Crippen molar-refractivity contribution in [3.05, 3.63) is 35.4 Å². The Kier molecular flexibility index (Phi) is 5.34. The van der Waals surface area contributed by atoms with Gasteiger partial charge < -0.3 is 10.0 Å². The first-order chi connectivity index (χ1) is 11.1. The molecule has 0 aromatic heterocycles. The van der Waals surface area contributed by atoms with E-state index < -0.39 is 0 Å². The molecule has 1 saturated carbocycles. The standard InChI is InChI=1S/C19H28N2O2/c1-15-4-2-5-16(14-15)8-9-19(23)21-12-10-20(11-13-21)17-6-3-7-18(17)22/h2,4-5,14,17-18,22H,3,6-13H2,1H3/t17-,18-/m1/s1. The summed E-state index contributed by atoms with van der Waals surface area (Å²) in [5.74, 6) is 0.262. The average Bonchev–Trinajstić information content (AvgIpc) is 2.99. The largest absolute Gasteiger partial charge is 0.391 e. The van der Waals surface area contributed by atoms with Gasteiger partial charge in [0, 0.05) is 38.6 Å². The molecule has 1 heterocycles. The van der Waals surface area contributed by atoms with Crippen LogP contribution in [0.25, 0.3) is 0 Å². The number of carbonyl (C=O) groups excluding carboxylic acids is 1. The number of amides is 1. The Labute approximate surface area is 139 Å². The predicted octanol–water partition coefficient (Wildman–Crippen LogP) is 1.99. The molecule has 0 unspecified atom stereocenters. The molecule has 2 fully saturated rings. The molecule has 1 N–H and O–H groups in total. The van der Waals surface area contributed by atoms with Gasteiger partial charge in [-0.25, -0.2) is 0 Å². The maximum atomic E-state index is 12.4. The van der Waals surface area contributed by atoms with E-state index in [1.807, 2.05) is 4.90 Å². The van der Waals surface area contributed by atoms with Crippen LogP contribution in [-0.4, -0.2) is 59.1 Å². The summed E-state index contributed by atoms with van der Waals surface area (Å²) in [5.41, 5.74) is 2.49. The molecule has 1 aliphatic heterocycles. The van der Waals surface area contributed by atoms with Crippen molar-refractivity contribution in [3.8, 4) is 0 Å². The molecule has 2 aliphatic rings. The first-order valence-corrected chi connectivity index (χ1v) is 8.89. The topological polar surface area (TPSA) is 43.8 Å². The lowest BCUT2D eigenvalue weighted by Gasteiger charge is -2.39. The summed E-state index contributed by atoms with van der Waals surface area (Å²) >= 11 is 0. The molecule has 1 saturated heterocycles. The van der Waals surface area contributed by atoms with Crippen LogP contribution in [-0.2, 0) is 11.2 Å². The number of aliphatic hydroxyl groups is 1. The van der Waals surface area contributed by atoms with Crippen LogP contribution in [0, 0.1) is 6.92 Å². The molecule has 126 valence electrons. The van der Waals surface area contributed by atoms with E-state index in [9.17, 15) is 9.90 Å². The van der Waals surface area contributed by atoms with Gasteiger partial charge in [0.1, 0.15) is 0 Å². The van der Waals surface area contributed by atoms with Crippen LogP contribution in [0.4, 0.5) is 0 Å². The highest BCUT2D eigenvalue weighted by Gasteiger charge is 2.33. The monoisotopic (exact) mass is 316 g/mol. The number of carbonyl (C=O) groups is 1. The van der Waals surface area contributed by atoms with Gasteiger partial charge in [0.05, 0.1) is 6.10 Å². The summed E-state index contributed by atoms with van der Waals surface area (Å²) in [6, 6.07) is 8.72. The summed E-state index contributed by atoms with van der Waals surface area (Å²) < 4.78 is 0. The average molecular weight is 316 g/mol. The van der Waals surface area contributed by atoms with Crippen molar-refractivity contribution < 1.29 is 9.90 Å². The number of piperazine rings is 1. The van der Waals surface area contributed by atoms with Gasteiger partial charge in [-0.05, 0) is 38.2 Å². The van der Waals surface area contributed by atoms with Gasteiger partial charge in [0.2, 0.25) is 5.91 Å². The van der Waals surface area contributed by atoms with E-state index >= 15 is 0 Å². The van der Waals surface area contributed by atoms with Gasteiger partial charge in [0.25, 0.3) is 0 Å². The summed E-state index contributed by atoms with van der Waals surface area (Å²) in [5, 5.41) is 10.0. The van der Waals surface area contributed by atoms with Crippen molar-refractivity contribution in [1.29, 1.82) is 0 Å². The third-order valence-electron chi connectivity index (χ3n) is 5.29. The van der Waals surface area contributed by atoms with E-state index in [4.69, 9.17) is 0 Å². The van der Waals surface area contributed by atoms with Crippen molar-refractivity contribution in [3.63, 3.8) is 0 Å². The van der Waals surface area contributed by atoms with Crippen LogP contribution in [0.3, 0.4) is 0 Å². The lowest BCUT2D eigenvalue weighted by Crippen LogP contribution is -2.53. The number of benzene rings is 1. The van der Waals surface area contributed by atoms with Gasteiger partial charge in [-0.3, -0.25) is 9.69 Å². The Morgan fingerprint density at radius 2 is 2.00 bits per heavy atom. The summed E-state index contributed by atoms with van der Waals surface area (Å²) in [4.78, 5) is 16.8. The molecule has 4 nitrogen and oxygen atoms in total. The Morgan fingerprint density at radius 1 is 1.22 bits per heavy atom. The van der Waals surface area contributed by atoms with Crippen LogP contribution < -0.4 is 0 Å². The minimum Gasteiger partial charge on any atom is -0.391 e. The normalized spacial score (nSPS) is 25.7. The van der Waals surface area contributed by atoms with E-state index in [0.29, 0.717) is 12.5 Å². The van der Waals surface area contributed by atoms with Gasteiger partial charge in [0.15, 0.2) is 0 Å². The zero-order valence-electron chi connectivity index (χ0n) is 14.1. The van der Waals surface area contributed by atoms with Crippen molar-refractivity contribution >= 4 is 5.91 Å². The zero-order chi connectivity index (χ0) is 16.2. The second-order valence-corrected chi connectivity index (χ2v) is 6.97. The highest BCUT2D eigenvalue weighted by molar-refractivity contribution is 5.76. The summed E-state index contributed by atoms with van der Waals surface area (Å²) in [6.07, 6.45) is 4.40. The van der Waals surface area contributed by atoms with Crippen molar-refractivity contribution in [1.82, 2.24) is 9.80 Å². The molecular formula is C19H28N2O2. The van der Waals surface area contributed by atoms with E-state index in [1.165, 1.54) is 11.1 Å². The fourth-order valence-corrected chi connectivity index (χ4v) is 3.93. The fraction of sp³-hybridized carbons (Fsp3) is 0.632. The van der Waals surface area contributed by atoms with Crippen LogP contribution in [0.15, 0.2) is 24.3 Å². The zero-order valence-corrected chi connectivity index (χ0v) is 14.1.